The highest BCUT2D eigenvalue weighted by Crippen LogP contribution is 2.40. The van der Waals surface area contributed by atoms with Crippen LogP contribution in [0.4, 0.5) is 13.2 Å². The summed E-state index contributed by atoms with van der Waals surface area (Å²) in [6, 6.07) is 0. The van der Waals surface area contributed by atoms with E-state index < -0.39 is 20.3 Å². The first kappa shape index (κ1) is 22.0. The molecule has 6 heteroatoms. The molecule has 0 radical (unpaired) electrons. The number of alkyl halides is 3. The highest BCUT2D eigenvalue weighted by Gasteiger charge is 2.49. The molecule has 0 saturated heterocycles. The van der Waals surface area contributed by atoms with E-state index in [9.17, 15) is 21.6 Å². The number of sulfone groups is 1. The van der Waals surface area contributed by atoms with E-state index in [1.165, 1.54) is 0 Å². The second-order valence-electron chi connectivity index (χ2n) is 6.75. The summed E-state index contributed by atoms with van der Waals surface area (Å²) in [5.41, 5.74) is -0.251. The van der Waals surface area contributed by atoms with Gasteiger partial charge in [-0.05, 0) is 67.6 Å². The Morgan fingerprint density at radius 3 is 2.50 bits per heavy atom. The van der Waals surface area contributed by atoms with E-state index in [4.69, 9.17) is 0 Å². The second-order valence-corrected chi connectivity index (χ2v) is 8.66. The molecule has 2 aliphatic rings. The van der Waals surface area contributed by atoms with E-state index in [2.05, 4.69) is 12.3 Å². The summed E-state index contributed by atoms with van der Waals surface area (Å²) < 4.78 is 63.8. The average molecular weight is 408 g/mol. The number of hydrogen-bond acceptors (Lipinski definition) is 2. The van der Waals surface area contributed by atoms with Gasteiger partial charge < -0.3 is 0 Å². The van der Waals surface area contributed by atoms with E-state index in [1.54, 1.807) is 38.2 Å². The Bertz CT molecular complexity index is 962. The summed E-state index contributed by atoms with van der Waals surface area (Å²) in [7, 11) is -5.43. The monoisotopic (exact) mass is 408 g/mol. The Morgan fingerprint density at radius 1 is 1.21 bits per heavy atom. The third-order valence-electron chi connectivity index (χ3n) is 4.65. The lowest BCUT2D eigenvalue weighted by Gasteiger charge is -2.25. The van der Waals surface area contributed by atoms with Gasteiger partial charge in [0.15, 0.2) is 0 Å². The van der Waals surface area contributed by atoms with Crippen LogP contribution < -0.4 is 0 Å². The summed E-state index contributed by atoms with van der Waals surface area (Å²) in [4.78, 5) is -0.671. The van der Waals surface area contributed by atoms with Crippen molar-refractivity contribution >= 4 is 9.84 Å². The van der Waals surface area contributed by atoms with Gasteiger partial charge in [-0.2, -0.15) is 13.2 Å². The molecular formula is C22H23F3O2S. The molecule has 0 heterocycles. The molecule has 0 spiro atoms. The van der Waals surface area contributed by atoms with Crippen molar-refractivity contribution in [3.8, 4) is 0 Å². The van der Waals surface area contributed by atoms with Crippen LogP contribution in [0.15, 0.2) is 88.1 Å². The molecule has 0 saturated carbocycles. The van der Waals surface area contributed by atoms with Crippen molar-refractivity contribution in [3.05, 3.63) is 88.1 Å². The molecule has 28 heavy (non-hydrogen) atoms. The minimum atomic E-state index is -5.43. The maximum absolute atomic E-state index is 13.2. The first-order chi connectivity index (χ1) is 13.1. The number of halogens is 3. The lowest BCUT2D eigenvalue weighted by Crippen LogP contribution is -2.26. The minimum absolute atomic E-state index is 0.153. The van der Waals surface area contributed by atoms with Crippen LogP contribution in [-0.4, -0.2) is 13.9 Å². The van der Waals surface area contributed by atoms with Crippen molar-refractivity contribution in [2.75, 3.05) is 0 Å². The molecule has 0 aliphatic heterocycles. The van der Waals surface area contributed by atoms with Crippen LogP contribution in [0, 0.1) is 5.92 Å². The third-order valence-corrected chi connectivity index (χ3v) is 6.22. The van der Waals surface area contributed by atoms with E-state index >= 15 is 0 Å². The predicted molar refractivity (Wildman–Crippen MR) is 107 cm³/mol. The van der Waals surface area contributed by atoms with Gasteiger partial charge in [0.25, 0.3) is 9.84 Å². The molecule has 1 atom stereocenters. The van der Waals surface area contributed by atoms with Crippen molar-refractivity contribution in [2.45, 2.75) is 38.6 Å². The molecule has 0 fully saturated rings. The zero-order valence-corrected chi connectivity index (χ0v) is 16.7. The predicted octanol–water partition coefficient (Wildman–Crippen LogP) is 6.26. The second kappa shape index (κ2) is 8.80. The van der Waals surface area contributed by atoms with Crippen molar-refractivity contribution in [1.82, 2.24) is 0 Å². The van der Waals surface area contributed by atoms with Gasteiger partial charge in [-0.1, -0.05) is 43.0 Å². The SMILES string of the molecule is C=C=C/C(C)=C\C=C(/C)C1=C(S(=O)(=O)C(F)(F)F)C=CC(C2=CCCC=C2)C1. The lowest BCUT2D eigenvalue weighted by atomic mass is 9.83. The van der Waals surface area contributed by atoms with Gasteiger partial charge in [-0.3, -0.25) is 0 Å². The molecule has 0 bridgehead atoms. The molecular weight excluding hydrogens is 385 g/mol. The highest BCUT2D eigenvalue weighted by molar-refractivity contribution is 7.96. The zero-order chi connectivity index (χ0) is 20.9. The molecule has 2 nitrogen and oxygen atoms in total. The van der Waals surface area contributed by atoms with Crippen LogP contribution >= 0.6 is 0 Å². The largest absolute Gasteiger partial charge is 0.501 e. The number of allylic oxidation sites excluding steroid dienone is 12. The summed E-state index contributed by atoms with van der Waals surface area (Å²) in [6.45, 7) is 6.90. The molecule has 0 N–H and O–H groups in total. The lowest BCUT2D eigenvalue weighted by molar-refractivity contribution is -0.0426. The van der Waals surface area contributed by atoms with Crippen LogP contribution in [0.25, 0.3) is 0 Å². The van der Waals surface area contributed by atoms with E-state index in [0.29, 0.717) is 5.57 Å². The Hall–Kier alpha value is -2.30. The van der Waals surface area contributed by atoms with Crippen molar-refractivity contribution in [2.24, 2.45) is 5.92 Å². The van der Waals surface area contributed by atoms with Crippen LogP contribution in [0.3, 0.4) is 0 Å². The first-order valence-corrected chi connectivity index (χ1v) is 10.4. The van der Waals surface area contributed by atoms with Gasteiger partial charge in [0.1, 0.15) is 0 Å². The fourth-order valence-electron chi connectivity index (χ4n) is 3.13. The van der Waals surface area contributed by atoms with Gasteiger partial charge >= 0.3 is 5.51 Å². The fraction of sp³-hybridized carbons (Fsp3) is 0.318. The van der Waals surface area contributed by atoms with Crippen molar-refractivity contribution < 1.29 is 21.6 Å². The molecule has 0 amide bonds. The van der Waals surface area contributed by atoms with Crippen LogP contribution in [-0.2, 0) is 9.84 Å². The Morgan fingerprint density at radius 2 is 1.93 bits per heavy atom. The first-order valence-electron chi connectivity index (χ1n) is 8.88. The number of rotatable bonds is 5. The van der Waals surface area contributed by atoms with Crippen molar-refractivity contribution in [1.29, 1.82) is 0 Å². The summed E-state index contributed by atoms with van der Waals surface area (Å²) >= 11 is 0. The van der Waals surface area contributed by atoms with Gasteiger partial charge in [-0.25, -0.2) is 8.42 Å². The van der Waals surface area contributed by atoms with Gasteiger partial charge in [0, 0.05) is 5.92 Å². The summed E-state index contributed by atoms with van der Waals surface area (Å²) in [5.74, 6) is -0.153. The van der Waals surface area contributed by atoms with E-state index in [-0.39, 0.29) is 17.9 Å². The normalized spacial score (nSPS) is 21.5. The minimum Gasteiger partial charge on any atom is -0.214 e. The fourth-order valence-corrected chi connectivity index (χ4v) is 4.20. The Kier molecular flexibility index (Phi) is 6.91. The molecule has 150 valence electrons. The van der Waals surface area contributed by atoms with Gasteiger partial charge in [-0.15, -0.1) is 5.73 Å². The molecule has 2 rings (SSSR count). The average Bonchev–Trinajstić information content (AvgIpc) is 2.65. The van der Waals surface area contributed by atoms with Gasteiger partial charge in [0.05, 0.1) is 4.91 Å². The molecule has 1 unspecified atom stereocenters. The van der Waals surface area contributed by atoms with Crippen molar-refractivity contribution in [3.63, 3.8) is 0 Å². The van der Waals surface area contributed by atoms with Gasteiger partial charge in [0.2, 0.25) is 0 Å². The smallest absolute Gasteiger partial charge is 0.214 e. The van der Waals surface area contributed by atoms with Crippen LogP contribution in [0.1, 0.15) is 33.1 Å². The Balaban J connectivity index is 2.54. The summed E-state index contributed by atoms with van der Waals surface area (Å²) in [5, 5.41) is 0. The Labute approximate surface area is 164 Å². The van der Waals surface area contributed by atoms with Crippen LogP contribution in [0.2, 0.25) is 0 Å². The van der Waals surface area contributed by atoms with E-state index in [1.807, 2.05) is 18.2 Å². The highest BCUT2D eigenvalue weighted by atomic mass is 32.2. The quantitative estimate of drug-likeness (QED) is 0.397. The molecule has 0 aromatic heterocycles. The maximum atomic E-state index is 13.2. The summed E-state index contributed by atoms with van der Waals surface area (Å²) in [6.07, 6.45) is 15.6. The number of hydrogen-bond donors (Lipinski definition) is 0. The van der Waals surface area contributed by atoms with Crippen LogP contribution in [0.5, 0.6) is 0 Å². The molecule has 2 aliphatic carbocycles. The standard InChI is InChI=1S/C22H23F3O2S/c1-4-8-16(2)11-12-17(3)20-15-19(18-9-6-5-7-10-18)13-14-21(20)28(26,27)22(23,24)25/h6,8-14,19H,1,5,7,15H2,2-3H3/b16-11-,17-12+. The third kappa shape index (κ3) is 4.94. The molecule has 0 aromatic rings. The molecule has 0 aromatic carbocycles. The topological polar surface area (TPSA) is 34.1 Å². The van der Waals surface area contributed by atoms with E-state index in [0.717, 1.165) is 30.1 Å². The maximum Gasteiger partial charge on any atom is 0.501 e. The zero-order valence-electron chi connectivity index (χ0n) is 15.9.